The van der Waals surface area contributed by atoms with E-state index in [2.05, 4.69) is 12.0 Å². The van der Waals surface area contributed by atoms with Crippen LogP contribution in [0.4, 0.5) is 0 Å². The van der Waals surface area contributed by atoms with Gasteiger partial charge in [0.1, 0.15) is 0 Å². The average Bonchev–Trinajstić information content (AvgIpc) is 2.72. The summed E-state index contributed by atoms with van der Waals surface area (Å²) in [7, 11) is 0. The van der Waals surface area contributed by atoms with Crippen LogP contribution in [0.25, 0.3) is 0 Å². The lowest BCUT2D eigenvalue weighted by molar-refractivity contribution is -0.0208. The summed E-state index contributed by atoms with van der Waals surface area (Å²) >= 11 is 6.29. The number of hydrogen-bond donors (Lipinski definition) is 1. The van der Waals surface area contributed by atoms with Gasteiger partial charge in [0.05, 0.1) is 29.1 Å². The first kappa shape index (κ1) is 14.8. The molecular weight excluding hydrogens is 262 g/mol. The molecule has 1 aromatic rings. The zero-order valence-corrected chi connectivity index (χ0v) is 12.6. The number of hydrogen-bond acceptors (Lipinski definition) is 3. The summed E-state index contributed by atoms with van der Waals surface area (Å²) in [6.07, 6.45) is 5.07. The largest absolute Gasteiger partial charge is 0.372 e. The van der Waals surface area contributed by atoms with Crippen molar-refractivity contribution < 1.29 is 4.74 Å². The molecule has 1 aliphatic carbocycles. The zero-order chi connectivity index (χ0) is 13.8. The van der Waals surface area contributed by atoms with E-state index in [1.807, 2.05) is 11.6 Å². The molecule has 19 heavy (non-hydrogen) atoms. The molecule has 2 N–H and O–H groups in total. The van der Waals surface area contributed by atoms with E-state index in [1.54, 1.807) is 0 Å². The smallest absolute Gasteiger partial charge is 0.0903 e. The Labute approximate surface area is 120 Å². The number of ether oxygens (including phenoxy) is 1. The molecule has 5 heteroatoms. The van der Waals surface area contributed by atoms with Crippen LogP contribution in [-0.4, -0.2) is 22.4 Å². The van der Waals surface area contributed by atoms with Crippen LogP contribution in [0.5, 0.6) is 0 Å². The van der Waals surface area contributed by atoms with Gasteiger partial charge in [-0.3, -0.25) is 4.68 Å². The molecule has 1 fully saturated rings. The molecule has 1 saturated carbocycles. The van der Waals surface area contributed by atoms with Crippen LogP contribution >= 0.6 is 11.6 Å². The van der Waals surface area contributed by atoms with E-state index in [9.17, 15) is 0 Å². The lowest BCUT2D eigenvalue weighted by Crippen LogP contribution is -2.33. The van der Waals surface area contributed by atoms with E-state index in [-0.39, 0.29) is 6.10 Å². The first-order valence-corrected chi connectivity index (χ1v) is 7.58. The zero-order valence-electron chi connectivity index (χ0n) is 11.9. The molecule has 0 aromatic carbocycles. The minimum atomic E-state index is 0.273. The number of nitrogens with two attached hydrogens (primary N) is 1. The average molecular weight is 286 g/mol. The predicted molar refractivity (Wildman–Crippen MR) is 77.2 cm³/mol. The molecule has 2 rings (SSSR count). The summed E-state index contributed by atoms with van der Waals surface area (Å²) < 4.78 is 8.01. The van der Waals surface area contributed by atoms with E-state index >= 15 is 0 Å². The molecular formula is C14H24ClN3O. The lowest BCUT2D eigenvalue weighted by Gasteiger charge is -2.30. The van der Waals surface area contributed by atoms with Crippen molar-refractivity contribution in [3.63, 3.8) is 0 Å². The maximum atomic E-state index is 6.29. The molecule has 0 saturated heterocycles. The summed E-state index contributed by atoms with van der Waals surface area (Å²) in [6.45, 7) is 6.06. The molecule has 1 heterocycles. The second-order valence-electron chi connectivity index (χ2n) is 5.29. The molecule has 1 aromatic heterocycles. The van der Waals surface area contributed by atoms with E-state index < -0.39 is 0 Å². The minimum absolute atomic E-state index is 0.273. The van der Waals surface area contributed by atoms with Gasteiger partial charge in [-0.25, -0.2) is 0 Å². The number of aromatic nitrogens is 2. The van der Waals surface area contributed by atoms with Crippen molar-refractivity contribution in [2.75, 3.05) is 6.54 Å². The SMILES string of the molecule is CCn1nc(C)c(Cl)c1COC1CCCCC1CN. The first-order valence-electron chi connectivity index (χ1n) is 7.20. The Balaban J connectivity index is 2.01. The normalized spacial score (nSPS) is 23.8. The molecule has 0 radical (unpaired) electrons. The van der Waals surface area contributed by atoms with Crippen LogP contribution in [0.2, 0.25) is 5.02 Å². The van der Waals surface area contributed by atoms with E-state index in [4.69, 9.17) is 22.1 Å². The molecule has 0 spiro atoms. The van der Waals surface area contributed by atoms with Crippen LogP contribution < -0.4 is 5.73 Å². The number of nitrogens with zero attached hydrogens (tertiary/aromatic N) is 2. The molecule has 0 amide bonds. The number of aryl methyl sites for hydroxylation is 2. The van der Waals surface area contributed by atoms with Gasteiger partial charge in [-0.1, -0.05) is 24.4 Å². The second-order valence-corrected chi connectivity index (χ2v) is 5.67. The predicted octanol–water partition coefficient (Wildman–Crippen LogP) is 2.90. The molecule has 0 aliphatic heterocycles. The highest BCUT2D eigenvalue weighted by molar-refractivity contribution is 6.31. The highest BCUT2D eigenvalue weighted by Crippen LogP contribution is 2.28. The molecule has 2 unspecified atom stereocenters. The Kier molecular flexibility index (Phi) is 5.25. The minimum Gasteiger partial charge on any atom is -0.372 e. The monoisotopic (exact) mass is 285 g/mol. The summed E-state index contributed by atoms with van der Waals surface area (Å²) in [5.41, 5.74) is 7.69. The topological polar surface area (TPSA) is 53.1 Å². The fourth-order valence-corrected chi connectivity index (χ4v) is 3.05. The fraction of sp³-hybridized carbons (Fsp3) is 0.786. The molecule has 1 aliphatic rings. The highest BCUT2D eigenvalue weighted by atomic mass is 35.5. The quantitative estimate of drug-likeness (QED) is 0.905. The first-order chi connectivity index (χ1) is 9.17. The van der Waals surface area contributed by atoms with Crippen LogP contribution in [0.1, 0.15) is 44.0 Å². The van der Waals surface area contributed by atoms with E-state index in [1.165, 1.54) is 19.3 Å². The third-order valence-corrected chi connectivity index (χ3v) is 4.52. The van der Waals surface area contributed by atoms with E-state index in [0.717, 1.165) is 29.4 Å². The maximum Gasteiger partial charge on any atom is 0.0903 e. The van der Waals surface area contributed by atoms with Gasteiger partial charge < -0.3 is 10.5 Å². The van der Waals surface area contributed by atoms with Gasteiger partial charge in [-0.2, -0.15) is 5.10 Å². The van der Waals surface area contributed by atoms with Gasteiger partial charge in [0.15, 0.2) is 0 Å². The van der Waals surface area contributed by atoms with Gasteiger partial charge in [0, 0.05) is 6.54 Å². The summed E-state index contributed by atoms with van der Waals surface area (Å²) in [5.74, 6) is 0.492. The van der Waals surface area contributed by atoms with Gasteiger partial charge in [0.25, 0.3) is 0 Å². The molecule has 4 nitrogen and oxygen atoms in total. The van der Waals surface area contributed by atoms with Crippen molar-refractivity contribution in [1.82, 2.24) is 9.78 Å². The second kappa shape index (κ2) is 6.73. The van der Waals surface area contributed by atoms with Crippen molar-refractivity contribution in [3.8, 4) is 0 Å². The van der Waals surface area contributed by atoms with Crippen LogP contribution in [0.15, 0.2) is 0 Å². The maximum absolute atomic E-state index is 6.29. The highest BCUT2D eigenvalue weighted by Gasteiger charge is 2.25. The van der Waals surface area contributed by atoms with Crippen LogP contribution in [0, 0.1) is 12.8 Å². The van der Waals surface area contributed by atoms with Gasteiger partial charge >= 0.3 is 0 Å². The van der Waals surface area contributed by atoms with Crippen molar-refractivity contribution in [2.45, 2.75) is 58.8 Å². The van der Waals surface area contributed by atoms with Gasteiger partial charge in [0.2, 0.25) is 0 Å². The Morgan fingerprint density at radius 1 is 1.42 bits per heavy atom. The van der Waals surface area contributed by atoms with Gasteiger partial charge in [-0.05, 0) is 39.2 Å². The molecule has 108 valence electrons. The lowest BCUT2D eigenvalue weighted by atomic mass is 9.86. The summed E-state index contributed by atoms with van der Waals surface area (Å²) in [5, 5.41) is 5.15. The van der Waals surface area contributed by atoms with Gasteiger partial charge in [-0.15, -0.1) is 0 Å². The molecule has 0 bridgehead atoms. The third kappa shape index (κ3) is 3.30. The standard InChI is InChI=1S/C14H24ClN3O/c1-3-18-12(14(15)10(2)17-18)9-19-13-7-5-4-6-11(13)8-16/h11,13H,3-9,16H2,1-2H3. The summed E-state index contributed by atoms with van der Waals surface area (Å²) in [6, 6.07) is 0. The van der Waals surface area contributed by atoms with Crippen molar-refractivity contribution in [3.05, 3.63) is 16.4 Å². The Morgan fingerprint density at radius 3 is 2.84 bits per heavy atom. The number of halogens is 1. The van der Waals surface area contributed by atoms with Crippen LogP contribution in [-0.2, 0) is 17.9 Å². The van der Waals surface area contributed by atoms with Crippen molar-refractivity contribution in [2.24, 2.45) is 11.7 Å². The molecule has 2 atom stereocenters. The fourth-order valence-electron chi connectivity index (χ4n) is 2.86. The van der Waals surface area contributed by atoms with Crippen molar-refractivity contribution >= 4 is 11.6 Å². The Hall–Kier alpha value is -0.580. The third-order valence-electron chi connectivity index (χ3n) is 4.03. The number of rotatable bonds is 5. The van der Waals surface area contributed by atoms with Crippen molar-refractivity contribution in [1.29, 1.82) is 0 Å². The Morgan fingerprint density at radius 2 is 2.16 bits per heavy atom. The van der Waals surface area contributed by atoms with Crippen LogP contribution in [0.3, 0.4) is 0 Å². The van der Waals surface area contributed by atoms with E-state index in [0.29, 0.717) is 19.1 Å². The Bertz CT molecular complexity index is 419. The summed E-state index contributed by atoms with van der Waals surface area (Å²) in [4.78, 5) is 0.